The van der Waals surface area contributed by atoms with Gasteiger partial charge in [0.15, 0.2) is 0 Å². The Labute approximate surface area is 123 Å². The molecule has 3 unspecified atom stereocenters. The van der Waals surface area contributed by atoms with E-state index in [2.05, 4.69) is 31.2 Å². The number of hydrogen-bond donors (Lipinski definition) is 1. The van der Waals surface area contributed by atoms with E-state index < -0.39 is 0 Å². The van der Waals surface area contributed by atoms with Crippen LogP contribution >= 0.6 is 0 Å². The van der Waals surface area contributed by atoms with Crippen molar-refractivity contribution in [3.05, 3.63) is 29.8 Å². The second kappa shape index (κ2) is 7.68. The van der Waals surface area contributed by atoms with Crippen LogP contribution in [0.1, 0.15) is 57.4 Å². The fraction of sp³-hybridized carbons (Fsp3) is 0.667. The largest absolute Gasteiger partial charge is 0.494 e. The lowest BCUT2D eigenvalue weighted by Crippen LogP contribution is -2.29. The average Bonchev–Trinajstić information content (AvgIpc) is 2.48. The SMILES string of the molecule is CCCC1CCC(CN)C(c2cccc(OCC)c2)C1. The Morgan fingerprint density at radius 1 is 1.25 bits per heavy atom. The van der Waals surface area contributed by atoms with Crippen molar-refractivity contribution in [1.29, 1.82) is 0 Å². The van der Waals surface area contributed by atoms with Gasteiger partial charge >= 0.3 is 0 Å². The molecule has 2 heteroatoms. The second-order valence-corrected chi connectivity index (χ2v) is 6.08. The van der Waals surface area contributed by atoms with Crippen molar-refractivity contribution in [1.82, 2.24) is 0 Å². The lowest BCUT2D eigenvalue weighted by Gasteiger charge is -2.36. The first-order valence-corrected chi connectivity index (χ1v) is 8.21. The molecule has 3 atom stereocenters. The third-order valence-electron chi connectivity index (χ3n) is 4.70. The summed E-state index contributed by atoms with van der Waals surface area (Å²) < 4.78 is 5.65. The van der Waals surface area contributed by atoms with E-state index in [0.717, 1.165) is 24.8 Å². The van der Waals surface area contributed by atoms with Crippen molar-refractivity contribution in [3.63, 3.8) is 0 Å². The molecular formula is C18H29NO. The zero-order chi connectivity index (χ0) is 14.4. The summed E-state index contributed by atoms with van der Waals surface area (Å²) in [4.78, 5) is 0. The Hall–Kier alpha value is -1.02. The van der Waals surface area contributed by atoms with Gasteiger partial charge in [-0.05, 0) is 61.8 Å². The van der Waals surface area contributed by atoms with Crippen LogP contribution in [0.3, 0.4) is 0 Å². The molecule has 0 amide bonds. The molecule has 0 heterocycles. The van der Waals surface area contributed by atoms with Crippen LogP contribution < -0.4 is 10.5 Å². The first kappa shape index (κ1) is 15.4. The summed E-state index contributed by atoms with van der Waals surface area (Å²) in [6.45, 7) is 5.86. The average molecular weight is 275 g/mol. The standard InChI is InChI=1S/C18H29NO/c1-3-6-14-9-10-16(13-19)18(11-14)15-7-5-8-17(12-15)20-4-2/h5,7-8,12,14,16,18H,3-4,6,9-11,13,19H2,1-2H3. The minimum atomic E-state index is 0.616. The Bertz CT molecular complexity index is 404. The third kappa shape index (κ3) is 3.76. The molecule has 2 N–H and O–H groups in total. The van der Waals surface area contributed by atoms with Gasteiger partial charge in [-0.3, -0.25) is 0 Å². The van der Waals surface area contributed by atoms with E-state index in [0.29, 0.717) is 11.8 Å². The van der Waals surface area contributed by atoms with E-state index in [1.807, 2.05) is 6.92 Å². The van der Waals surface area contributed by atoms with E-state index in [4.69, 9.17) is 10.5 Å². The molecular weight excluding hydrogens is 246 g/mol. The van der Waals surface area contributed by atoms with Gasteiger partial charge in [-0.15, -0.1) is 0 Å². The molecule has 1 aliphatic carbocycles. The fourth-order valence-corrected chi connectivity index (χ4v) is 3.68. The molecule has 1 aliphatic rings. The second-order valence-electron chi connectivity index (χ2n) is 6.08. The van der Waals surface area contributed by atoms with E-state index in [1.165, 1.54) is 37.7 Å². The van der Waals surface area contributed by atoms with Crippen LogP contribution in [0.2, 0.25) is 0 Å². The van der Waals surface area contributed by atoms with Gasteiger partial charge in [0, 0.05) is 0 Å². The molecule has 0 aliphatic heterocycles. The van der Waals surface area contributed by atoms with Crippen LogP contribution in [-0.4, -0.2) is 13.2 Å². The fourth-order valence-electron chi connectivity index (χ4n) is 3.68. The highest BCUT2D eigenvalue weighted by Crippen LogP contribution is 2.42. The molecule has 1 saturated carbocycles. The molecule has 0 saturated heterocycles. The zero-order valence-corrected chi connectivity index (χ0v) is 13.0. The Morgan fingerprint density at radius 2 is 2.10 bits per heavy atom. The van der Waals surface area contributed by atoms with Crippen LogP contribution in [0.25, 0.3) is 0 Å². The highest BCUT2D eigenvalue weighted by molar-refractivity contribution is 5.31. The highest BCUT2D eigenvalue weighted by atomic mass is 16.5. The molecule has 1 aromatic rings. The van der Waals surface area contributed by atoms with Crippen molar-refractivity contribution in [2.75, 3.05) is 13.2 Å². The van der Waals surface area contributed by atoms with Crippen molar-refractivity contribution < 1.29 is 4.74 Å². The number of rotatable bonds is 6. The lowest BCUT2D eigenvalue weighted by molar-refractivity contribution is 0.229. The summed E-state index contributed by atoms with van der Waals surface area (Å²) in [5.74, 6) is 3.13. The maximum absolute atomic E-state index is 6.02. The summed E-state index contributed by atoms with van der Waals surface area (Å²) in [5, 5.41) is 0. The van der Waals surface area contributed by atoms with Crippen LogP contribution in [-0.2, 0) is 0 Å². The molecule has 112 valence electrons. The summed E-state index contributed by atoms with van der Waals surface area (Å²) >= 11 is 0. The predicted octanol–water partition coefficient (Wildman–Crippen LogP) is 4.34. The van der Waals surface area contributed by atoms with Gasteiger partial charge in [0.2, 0.25) is 0 Å². The van der Waals surface area contributed by atoms with Gasteiger partial charge in [-0.2, -0.15) is 0 Å². The zero-order valence-electron chi connectivity index (χ0n) is 13.0. The van der Waals surface area contributed by atoms with Crippen molar-refractivity contribution in [2.45, 2.75) is 51.9 Å². The topological polar surface area (TPSA) is 35.2 Å². The molecule has 0 spiro atoms. The summed E-state index contributed by atoms with van der Waals surface area (Å²) in [5.41, 5.74) is 7.44. The smallest absolute Gasteiger partial charge is 0.119 e. The monoisotopic (exact) mass is 275 g/mol. The molecule has 0 aromatic heterocycles. The van der Waals surface area contributed by atoms with Crippen LogP contribution in [0.15, 0.2) is 24.3 Å². The third-order valence-corrected chi connectivity index (χ3v) is 4.70. The van der Waals surface area contributed by atoms with Crippen molar-refractivity contribution >= 4 is 0 Å². The maximum atomic E-state index is 6.02. The van der Waals surface area contributed by atoms with Gasteiger partial charge in [0.25, 0.3) is 0 Å². The van der Waals surface area contributed by atoms with E-state index in [9.17, 15) is 0 Å². The first-order chi connectivity index (χ1) is 9.78. The lowest BCUT2D eigenvalue weighted by atomic mass is 9.70. The summed E-state index contributed by atoms with van der Waals surface area (Å²) in [6.07, 6.45) is 6.59. The number of hydrogen-bond acceptors (Lipinski definition) is 2. The highest BCUT2D eigenvalue weighted by Gasteiger charge is 2.30. The summed E-state index contributed by atoms with van der Waals surface area (Å²) in [7, 11) is 0. The van der Waals surface area contributed by atoms with Crippen LogP contribution in [0.4, 0.5) is 0 Å². The molecule has 0 radical (unpaired) electrons. The molecule has 1 fully saturated rings. The minimum absolute atomic E-state index is 0.616. The quantitative estimate of drug-likeness (QED) is 0.838. The Kier molecular flexibility index (Phi) is 5.90. The number of nitrogens with two attached hydrogens (primary N) is 1. The van der Waals surface area contributed by atoms with Crippen LogP contribution in [0.5, 0.6) is 5.75 Å². The Morgan fingerprint density at radius 3 is 2.80 bits per heavy atom. The van der Waals surface area contributed by atoms with E-state index in [1.54, 1.807) is 0 Å². The molecule has 2 rings (SSSR count). The minimum Gasteiger partial charge on any atom is -0.494 e. The molecule has 20 heavy (non-hydrogen) atoms. The van der Waals surface area contributed by atoms with Gasteiger partial charge in [-0.25, -0.2) is 0 Å². The van der Waals surface area contributed by atoms with Gasteiger partial charge in [0.1, 0.15) is 5.75 Å². The van der Waals surface area contributed by atoms with E-state index in [-0.39, 0.29) is 0 Å². The predicted molar refractivity (Wildman–Crippen MR) is 85.1 cm³/mol. The van der Waals surface area contributed by atoms with Gasteiger partial charge in [0.05, 0.1) is 6.61 Å². The van der Waals surface area contributed by atoms with Crippen molar-refractivity contribution in [2.24, 2.45) is 17.6 Å². The van der Waals surface area contributed by atoms with Crippen molar-refractivity contribution in [3.8, 4) is 5.75 Å². The van der Waals surface area contributed by atoms with Gasteiger partial charge in [-0.1, -0.05) is 38.3 Å². The van der Waals surface area contributed by atoms with Gasteiger partial charge < -0.3 is 10.5 Å². The molecule has 1 aromatic carbocycles. The maximum Gasteiger partial charge on any atom is 0.119 e. The first-order valence-electron chi connectivity index (χ1n) is 8.21. The normalized spacial score (nSPS) is 26.4. The van der Waals surface area contributed by atoms with E-state index >= 15 is 0 Å². The molecule has 2 nitrogen and oxygen atoms in total. The Balaban J connectivity index is 2.15. The number of ether oxygens (including phenoxy) is 1. The van der Waals surface area contributed by atoms with Crippen LogP contribution in [0, 0.1) is 11.8 Å². The summed E-state index contributed by atoms with van der Waals surface area (Å²) in [6, 6.07) is 8.66. The molecule has 0 bridgehead atoms. The number of benzene rings is 1.